The molecule has 146 valence electrons. The summed E-state index contributed by atoms with van der Waals surface area (Å²) in [7, 11) is 0. The van der Waals surface area contributed by atoms with Gasteiger partial charge in [0.15, 0.2) is 0 Å². The maximum atomic E-state index is 12.5. The van der Waals surface area contributed by atoms with Gasteiger partial charge in [0.2, 0.25) is 5.91 Å². The standard InChI is InChI=1S/C22H24IN3O2/c23-17-2-1-3-19(12-17)24-21(27)14-26(20-10-11-20)13-15-4-6-16(7-5-15)22(28)25-18-8-9-18/h1-7,12,18,20H,8-11,13-14H2,(H,24,27)(H,25,28). The Hall–Kier alpha value is -1.93. The fourth-order valence-corrected chi connectivity index (χ4v) is 3.74. The first-order chi connectivity index (χ1) is 13.6. The van der Waals surface area contributed by atoms with Crippen LogP contribution in [0.4, 0.5) is 5.69 Å². The van der Waals surface area contributed by atoms with E-state index >= 15 is 0 Å². The second-order valence-electron chi connectivity index (χ2n) is 7.64. The predicted molar refractivity (Wildman–Crippen MR) is 118 cm³/mol. The van der Waals surface area contributed by atoms with Crippen molar-refractivity contribution in [1.29, 1.82) is 0 Å². The van der Waals surface area contributed by atoms with Crippen molar-refractivity contribution in [3.05, 3.63) is 63.2 Å². The van der Waals surface area contributed by atoms with Gasteiger partial charge in [-0.05, 0) is 84.2 Å². The fraction of sp³-hybridized carbons (Fsp3) is 0.364. The van der Waals surface area contributed by atoms with Crippen LogP contribution < -0.4 is 10.6 Å². The van der Waals surface area contributed by atoms with Crippen molar-refractivity contribution in [2.24, 2.45) is 0 Å². The minimum absolute atomic E-state index is 0.00460. The van der Waals surface area contributed by atoms with Gasteiger partial charge in [-0.15, -0.1) is 0 Å². The first-order valence-corrected chi connectivity index (χ1v) is 10.8. The van der Waals surface area contributed by atoms with Crippen molar-refractivity contribution < 1.29 is 9.59 Å². The molecule has 28 heavy (non-hydrogen) atoms. The third kappa shape index (κ3) is 5.54. The van der Waals surface area contributed by atoms with Crippen molar-refractivity contribution in [3.63, 3.8) is 0 Å². The van der Waals surface area contributed by atoms with Gasteiger partial charge in [0.1, 0.15) is 0 Å². The molecular weight excluding hydrogens is 465 g/mol. The lowest BCUT2D eigenvalue weighted by Crippen LogP contribution is -2.34. The third-order valence-electron chi connectivity index (χ3n) is 5.03. The van der Waals surface area contributed by atoms with Gasteiger partial charge in [-0.25, -0.2) is 0 Å². The van der Waals surface area contributed by atoms with Gasteiger partial charge in [0.05, 0.1) is 6.54 Å². The van der Waals surface area contributed by atoms with E-state index in [2.05, 4.69) is 38.1 Å². The molecule has 2 aliphatic carbocycles. The van der Waals surface area contributed by atoms with E-state index < -0.39 is 0 Å². The normalized spacial score (nSPS) is 16.1. The van der Waals surface area contributed by atoms with Gasteiger partial charge < -0.3 is 10.6 Å². The molecule has 6 heteroatoms. The molecule has 4 rings (SSSR count). The zero-order valence-corrected chi connectivity index (χ0v) is 17.8. The summed E-state index contributed by atoms with van der Waals surface area (Å²) in [5.74, 6) is 0.0132. The highest BCUT2D eigenvalue weighted by Crippen LogP contribution is 2.28. The molecule has 0 heterocycles. The lowest BCUT2D eigenvalue weighted by Gasteiger charge is -2.21. The quantitative estimate of drug-likeness (QED) is 0.555. The molecule has 2 aromatic carbocycles. The Morgan fingerprint density at radius 2 is 1.79 bits per heavy atom. The summed E-state index contributed by atoms with van der Waals surface area (Å²) >= 11 is 2.24. The number of anilines is 1. The van der Waals surface area contributed by atoms with Crippen LogP contribution in [-0.4, -0.2) is 35.3 Å². The smallest absolute Gasteiger partial charge is 0.251 e. The molecule has 2 amide bonds. The van der Waals surface area contributed by atoms with Crippen LogP contribution in [0.2, 0.25) is 0 Å². The van der Waals surface area contributed by atoms with E-state index in [9.17, 15) is 9.59 Å². The van der Waals surface area contributed by atoms with E-state index in [0.717, 1.165) is 47.0 Å². The summed E-state index contributed by atoms with van der Waals surface area (Å²) in [5, 5.41) is 6.00. The Morgan fingerprint density at radius 3 is 2.43 bits per heavy atom. The number of rotatable bonds is 8. The molecule has 0 bridgehead atoms. The number of benzene rings is 2. The molecule has 2 fully saturated rings. The molecule has 0 unspecified atom stereocenters. The van der Waals surface area contributed by atoms with Crippen molar-refractivity contribution in [1.82, 2.24) is 10.2 Å². The molecular formula is C22H24IN3O2. The Balaban J connectivity index is 1.34. The van der Waals surface area contributed by atoms with Crippen LogP contribution in [0.3, 0.4) is 0 Å². The zero-order chi connectivity index (χ0) is 19.5. The summed E-state index contributed by atoms with van der Waals surface area (Å²) in [5.41, 5.74) is 2.65. The van der Waals surface area contributed by atoms with Crippen LogP contribution in [0.15, 0.2) is 48.5 Å². The lowest BCUT2D eigenvalue weighted by molar-refractivity contribution is -0.117. The fourth-order valence-electron chi connectivity index (χ4n) is 3.20. The van der Waals surface area contributed by atoms with E-state index in [0.29, 0.717) is 24.2 Å². The minimum atomic E-state index is 0.00460. The number of nitrogens with zero attached hydrogens (tertiary/aromatic N) is 1. The lowest BCUT2D eigenvalue weighted by atomic mass is 10.1. The van der Waals surface area contributed by atoms with Crippen LogP contribution in [0.5, 0.6) is 0 Å². The predicted octanol–water partition coefficient (Wildman–Crippen LogP) is 3.79. The average Bonchev–Trinajstić information content (AvgIpc) is 3.56. The summed E-state index contributed by atoms with van der Waals surface area (Å²) in [6.45, 7) is 1.09. The number of nitrogens with one attached hydrogen (secondary N) is 2. The highest BCUT2D eigenvalue weighted by atomic mass is 127. The van der Waals surface area contributed by atoms with Crippen LogP contribution in [0.25, 0.3) is 0 Å². The van der Waals surface area contributed by atoms with Crippen LogP contribution in [0, 0.1) is 3.57 Å². The van der Waals surface area contributed by atoms with Crippen molar-refractivity contribution in [2.75, 3.05) is 11.9 Å². The van der Waals surface area contributed by atoms with E-state index in [4.69, 9.17) is 0 Å². The van der Waals surface area contributed by atoms with Crippen molar-refractivity contribution in [3.8, 4) is 0 Å². The molecule has 0 atom stereocenters. The number of carbonyl (C=O) groups excluding carboxylic acids is 2. The Bertz CT molecular complexity index is 860. The first kappa shape index (κ1) is 19.4. The molecule has 0 saturated heterocycles. The van der Waals surface area contributed by atoms with Gasteiger partial charge in [-0.2, -0.15) is 0 Å². The van der Waals surface area contributed by atoms with E-state index in [-0.39, 0.29) is 11.8 Å². The number of carbonyl (C=O) groups is 2. The van der Waals surface area contributed by atoms with Crippen molar-refractivity contribution in [2.45, 2.75) is 44.3 Å². The molecule has 0 aromatic heterocycles. The topological polar surface area (TPSA) is 61.4 Å². The number of hydrogen-bond acceptors (Lipinski definition) is 3. The Kier molecular flexibility index (Phi) is 5.96. The van der Waals surface area contributed by atoms with Gasteiger partial charge in [0.25, 0.3) is 5.91 Å². The van der Waals surface area contributed by atoms with E-state index in [1.165, 1.54) is 0 Å². The van der Waals surface area contributed by atoms with Crippen LogP contribution in [-0.2, 0) is 11.3 Å². The first-order valence-electron chi connectivity index (χ1n) is 9.76. The molecule has 2 aromatic rings. The van der Waals surface area contributed by atoms with Gasteiger partial charge in [-0.1, -0.05) is 18.2 Å². The second kappa shape index (κ2) is 8.61. The van der Waals surface area contributed by atoms with Crippen LogP contribution >= 0.6 is 22.6 Å². The maximum Gasteiger partial charge on any atom is 0.251 e. The highest BCUT2D eigenvalue weighted by molar-refractivity contribution is 14.1. The molecule has 2 N–H and O–H groups in total. The van der Waals surface area contributed by atoms with Crippen molar-refractivity contribution >= 4 is 40.1 Å². The molecule has 2 aliphatic rings. The van der Waals surface area contributed by atoms with E-state index in [1.807, 2.05) is 48.5 Å². The largest absolute Gasteiger partial charge is 0.349 e. The number of hydrogen-bond donors (Lipinski definition) is 2. The molecule has 0 spiro atoms. The Labute approximate surface area is 179 Å². The SMILES string of the molecule is O=C(CN(Cc1ccc(C(=O)NC2CC2)cc1)C1CC1)Nc1cccc(I)c1. The summed E-state index contributed by atoms with van der Waals surface area (Å²) in [6, 6.07) is 16.4. The van der Waals surface area contributed by atoms with Crippen LogP contribution in [0.1, 0.15) is 41.6 Å². The second-order valence-corrected chi connectivity index (χ2v) is 8.88. The number of amides is 2. The van der Waals surface area contributed by atoms with E-state index in [1.54, 1.807) is 0 Å². The summed E-state index contributed by atoms with van der Waals surface area (Å²) in [6.07, 6.45) is 4.45. The molecule has 0 radical (unpaired) electrons. The zero-order valence-electron chi connectivity index (χ0n) is 15.7. The summed E-state index contributed by atoms with van der Waals surface area (Å²) < 4.78 is 1.10. The molecule has 2 saturated carbocycles. The van der Waals surface area contributed by atoms with Gasteiger partial charge in [0, 0.05) is 33.4 Å². The number of halogens is 1. The maximum absolute atomic E-state index is 12.5. The monoisotopic (exact) mass is 489 g/mol. The van der Waals surface area contributed by atoms with Gasteiger partial charge >= 0.3 is 0 Å². The molecule has 5 nitrogen and oxygen atoms in total. The highest BCUT2D eigenvalue weighted by Gasteiger charge is 2.30. The average molecular weight is 489 g/mol. The minimum Gasteiger partial charge on any atom is -0.349 e. The van der Waals surface area contributed by atoms with Gasteiger partial charge in [-0.3, -0.25) is 14.5 Å². The molecule has 0 aliphatic heterocycles. The Morgan fingerprint density at radius 1 is 1.04 bits per heavy atom. The third-order valence-corrected chi connectivity index (χ3v) is 5.70. The summed E-state index contributed by atoms with van der Waals surface area (Å²) in [4.78, 5) is 26.8.